The third kappa shape index (κ3) is 3.08. The molecule has 2 aromatic heterocycles. The van der Waals surface area contributed by atoms with E-state index in [4.69, 9.17) is 5.26 Å². The van der Waals surface area contributed by atoms with Gasteiger partial charge in [0.05, 0.1) is 34.7 Å². The molecule has 27 heavy (non-hydrogen) atoms. The van der Waals surface area contributed by atoms with Gasteiger partial charge >= 0.3 is 5.69 Å². The van der Waals surface area contributed by atoms with E-state index in [0.29, 0.717) is 41.8 Å². The fourth-order valence-electron chi connectivity index (χ4n) is 3.26. The lowest BCUT2D eigenvalue weighted by atomic mass is 10.3. The molecule has 1 N–H and O–H groups in total. The van der Waals surface area contributed by atoms with Gasteiger partial charge in [0.15, 0.2) is 0 Å². The van der Waals surface area contributed by atoms with Crippen LogP contribution in [0.25, 0.3) is 22.1 Å². The molecule has 0 aliphatic rings. The molecule has 2 aromatic carbocycles. The third-order valence-electron chi connectivity index (χ3n) is 4.50. The SMILES string of the molecule is N#CCCCn1c(Cn2c(=O)[nH]c3ccc(F)cc32)nc2cc(F)ccc21. The Morgan fingerprint density at radius 3 is 2.67 bits per heavy atom. The number of aromatic nitrogens is 4. The average molecular weight is 367 g/mol. The van der Waals surface area contributed by atoms with Crippen molar-refractivity contribution in [1.29, 1.82) is 5.26 Å². The molecule has 0 spiro atoms. The van der Waals surface area contributed by atoms with Gasteiger partial charge in [0.2, 0.25) is 0 Å². The van der Waals surface area contributed by atoms with Gasteiger partial charge in [-0.05, 0) is 36.8 Å². The molecule has 6 nitrogen and oxygen atoms in total. The van der Waals surface area contributed by atoms with Gasteiger partial charge in [0, 0.05) is 19.0 Å². The summed E-state index contributed by atoms with van der Waals surface area (Å²) in [7, 11) is 0. The monoisotopic (exact) mass is 367 g/mol. The highest BCUT2D eigenvalue weighted by Gasteiger charge is 2.15. The molecule has 0 radical (unpaired) electrons. The summed E-state index contributed by atoms with van der Waals surface area (Å²) < 4.78 is 30.5. The van der Waals surface area contributed by atoms with Crippen molar-refractivity contribution in [3.05, 3.63) is 64.3 Å². The zero-order valence-electron chi connectivity index (χ0n) is 14.2. The second-order valence-electron chi connectivity index (χ2n) is 6.25. The van der Waals surface area contributed by atoms with Gasteiger partial charge in [-0.25, -0.2) is 18.6 Å². The number of aryl methyl sites for hydroxylation is 1. The smallest absolute Gasteiger partial charge is 0.326 e. The Morgan fingerprint density at radius 1 is 1.07 bits per heavy atom. The van der Waals surface area contributed by atoms with Gasteiger partial charge in [-0.2, -0.15) is 5.26 Å². The number of hydrogen-bond acceptors (Lipinski definition) is 3. The molecule has 0 amide bonds. The molecule has 136 valence electrons. The van der Waals surface area contributed by atoms with E-state index in [1.54, 1.807) is 6.07 Å². The summed E-state index contributed by atoms with van der Waals surface area (Å²) >= 11 is 0. The maximum atomic E-state index is 13.6. The average Bonchev–Trinajstić information content (AvgIpc) is 3.13. The lowest BCUT2D eigenvalue weighted by molar-refractivity contribution is 0.607. The standard InChI is InChI=1S/C19H15F2N5O/c20-12-4-6-16-15(9-12)23-18(25(16)8-2-1-7-22)11-26-17-10-13(21)3-5-14(17)24-19(26)27/h3-6,9-10H,1-2,8,11H2,(H,24,27). The Hall–Kier alpha value is -3.47. The summed E-state index contributed by atoms with van der Waals surface area (Å²) in [6.45, 7) is 0.613. The Kier molecular flexibility index (Phi) is 4.20. The van der Waals surface area contributed by atoms with E-state index in [2.05, 4.69) is 16.0 Å². The number of benzene rings is 2. The first-order chi connectivity index (χ1) is 13.1. The van der Waals surface area contributed by atoms with Gasteiger partial charge in [-0.3, -0.25) is 4.57 Å². The molecule has 0 fully saturated rings. The number of fused-ring (bicyclic) bond motifs is 2. The first-order valence-corrected chi connectivity index (χ1v) is 8.46. The molecule has 0 bridgehead atoms. The molecule has 4 rings (SSSR count). The van der Waals surface area contributed by atoms with Crippen LogP contribution in [0.1, 0.15) is 18.7 Å². The van der Waals surface area contributed by atoms with E-state index in [0.717, 1.165) is 5.52 Å². The summed E-state index contributed by atoms with van der Waals surface area (Å²) in [5, 5.41) is 8.79. The minimum absolute atomic E-state index is 0.102. The van der Waals surface area contributed by atoms with Crippen LogP contribution in [0, 0.1) is 23.0 Å². The summed E-state index contributed by atoms with van der Waals surface area (Å²) in [4.78, 5) is 19.5. The Morgan fingerprint density at radius 2 is 1.85 bits per heavy atom. The summed E-state index contributed by atoms with van der Waals surface area (Å²) in [5.41, 5.74) is 1.78. The van der Waals surface area contributed by atoms with Crippen molar-refractivity contribution in [2.45, 2.75) is 25.9 Å². The minimum Gasteiger partial charge on any atom is -0.326 e. The van der Waals surface area contributed by atoms with E-state index in [1.165, 1.54) is 34.9 Å². The van der Waals surface area contributed by atoms with Crippen molar-refractivity contribution in [2.75, 3.05) is 0 Å². The van der Waals surface area contributed by atoms with Gasteiger partial charge in [-0.15, -0.1) is 0 Å². The summed E-state index contributed by atoms with van der Waals surface area (Å²) in [6, 6.07) is 10.5. The predicted molar refractivity (Wildman–Crippen MR) is 96.2 cm³/mol. The molecule has 0 unspecified atom stereocenters. The minimum atomic E-state index is -0.445. The lowest BCUT2D eigenvalue weighted by Gasteiger charge is -2.09. The zero-order valence-corrected chi connectivity index (χ0v) is 14.2. The number of nitrogens with zero attached hydrogens (tertiary/aromatic N) is 4. The Labute approximate surface area is 152 Å². The van der Waals surface area contributed by atoms with Crippen LogP contribution in [0.4, 0.5) is 8.78 Å². The fraction of sp³-hybridized carbons (Fsp3) is 0.211. The van der Waals surface area contributed by atoms with Gasteiger partial charge in [0.1, 0.15) is 17.5 Å². The third-order valence-corrected chi connectivity index (χ3v) is 4.50. The lowest BCUT2D eigenvalue weighted by Crippen LogP contribution is -2.20. The topological polar surface area (TPSA) is 79.4 Å². The molecule has 0 aliphatic heterocycles. The van der Waals surface area contributed by atoms with Crippen molar-refractivity contribution in [1.82, 2.24) is 19.1 Å². The van der Waals surface area contributed by atoms with Crippen LogP contribution in [0.3, 0.4) is 0 Å². The highest BCUT2D eigenvalue weighted by atomic mass is 19.1. The Bertz CT molecular complexity index is 1240. The number of H-pyrrole nitrogens is 1. The van der Waals surface area contributed by atoms with Gasteiger partial charge < -0.3 is 9.55 Å². The highest BCUT2D eigenvalue weighted by molar-refractivity contribution is 5.77. The maximum Gasteiger partial charge on any atom is 0.326 e. The molecule has 2 heterocycles. The highest BCUT2D eigenvalue weighted by Crippen LogP contribution is 2.20. The van der Waals surface area contributed by atoms with Crippen LogP contribution in [0.5, 0.6) is 0 Å². The number of imidazole rings is 2. The predicted octanol–water partition coefficient (Wildman–Crippen LogP) is 3.31. The molecule has 0 atom stereocenters. The molecule has 0 saturated carbocycles. The number of halogens is 2. The van der Waals surface area contributed by atoms with Crippen LogP contribution < -0.4 is 5.69 Å². The van der Waals surface area contributed by atoms with E-state index in [1.807, 2.05) is 4.57 Å². The molecule has 8 heteroatoms. The largest absolute Gasteiger partial charge is 0.326 e. The number of rotatable bonds is 5. The van der Waals surface area contributed by atoms with Crippen molar-refractivity contribution < 1.29 is 8.78 Å². The van der Waals surface area contributed by atoms with Gasteiger partial charge in [0.25, 0.3) is 0 Å². The second kappa shape index (κ2) is 6.68. The van der Waals surface area contributed by atoms with E-state index in [-0.39, 0.29) is 12.2 Å². The molecule has 0 aliphatic carbocycles. The van der Waals surface area contributed by atoms with Crippen LogP contribution in [0.15, 0.2) is 41.2 Å². The van der Waals surface area contributed by atoms with Crippen molar-refractivity contribution in [3.63, 3.8) is 0 Å². The van der Waals surface area contributed by atoms with Gasteiger partial charge in [-0.1, -0.05) is 0 Å². The summed E-state index contributed by atoms with van der Waals surface area (Å²) in [6.07, 6.45) is 0.975. The number of hydrogen-bond donors (Lipinski definition) is 1. The van der Waals surface area contributed by atoms with Crippen molar-refractivity contribution in [2.24, 2.45) is 0 Å². The number of aromatic amines is 1. The van der Waals surface area contributed by atoms with Crippen LogP contribution >= 0.6 is 0 Å². The summed E-state index contributed by atoms with van der Waals surface area (Å²) in [5.74, 6) is -0.303. The first-order valence-electron chi connectivity index (χ1n) is 8.46. The first kappa shape index (κ1) is 17.0. The molecular weight excluding hydrogens is 352 g/mol. The van der Waals surface area contributed by atoms with E-state index < -0.39 is 11.6 Å². The molecule has 0 saturated heterocycles. The van der Waals surface area contributed by atoms with Crippen LogP contribution in [-0.2, 0) is 13.1 Å². The van der Waals surface area contributed by atoms with Crippen molar-refractivity contribution >= 4 is 22.1 Å². The number of unbranched alkanes of at least 4 members (excludes halogenated alkanes) is 1. The maximum absolute atomic E-state index is 13.6. The fourth-order valence-corrected chi connectivity index (χ4v) is 3.26. The molecular formula is C19H15F2N5O. The van der Waals surface area contributed by atoms with E-state index in [9.17, 15) is 13.6 Å². The van der Waals surface area contributed by atoms with Crippen molar-refractivity contribution in [3.8, 4) is 6.07 Å². The second-order valence-corrected chi connectivity index (χ2v) is 6.25. The Balaban J connectivity index is 1.83. The number of nitriles is 1. The normalized spacial score (nSPS) is 11.3. The van der Waals surface area contributed by atoms with E-state index >= 15 is 0 Å². The van der Waals surface area contributed by atoms with Crippen LogP contribution in [0.2, 0.25) is 0 Å². The van der Waals surface area contributed by atoms with Crippen LogP contribution in [-0.4, -0.2) is 19.1 Å². The quantitative estimate of drug-likeness (QED) is 0.550. The zero-order chi connectivity index (χ0) is 19.0. The molecule has 4 aromatic rings. The number of nitrogens with one attached hydrogen (secondary N) is 1.